The maximum Gasteiger partial charge on any atom is 0.255 e. The Morgan fingerprint density at radius 2 is 1.78 bits per heavy atom. The van der Waals surface area contributed by atoms with Crippen molar-refractivity contribution in [2.45, 2.75) is 6.54 Å². The Morgan fingerprint density at radius 3 is 2.48 bits per heavy atom. The van der Waals surface area contributed by atoms with Gasteiger partial charge in [0.2, 0.25) is 5.95 Å². The Hall–Kier alpha value is -3.06. The zero-order chi connectivity index (χ0) is 18.6. The van der Waals surface area contributed by atoms with Crippen molar-refractivity contribution in [2.24, 2.45) is 7.05 Å². The van der Waals surface area contributed by atoms with Crippen molar-refractivity contribution in [3.05, 3.63) is 70.9 Å². The number of hydrogen-bond acceptors (Lipinski definition) is 6. The monoisotopic (exact) mass is 362 g/mol. The average Bonchev–Trinajstić information content (AvgIpc) is 2.72. The molecule has 1 aliphatic heterocycles. The Morgan fingerprint density at radius 1 is 1.00 bits per heavy atom. The third-order valence-corrected chi connectivity index (χ3v) is 4.86. The van der Waals surface area contributed by atoms with Crippen LogP contribution in [0.2, 0.25) is 0 Å². The molecule has 1 aliphatic rings. The summed E-state index contributed by atoms with van der Waals surface area (Å²) < 4.78 is 1.61. The SMILES string of the molecule is Cn1c(N2CCN(Cc3ccccc3)CC2)nc(-c2ccncn2)cc1=O. The van der Waals surface area contributed by atoms with Crippen LogP contribution in [-0.4, -0.2) is 50.6 Å². The summed E-state index contributed by atoms with van der Waals surface area (Å²) in [4.78, 5) is 29.9. The molecule has 7 nitrogen and oxygen atoms in total. The second kappa shape index (κ2) is 7.67. The van der Waals surface area contributed by atoms with E-state index in [0.29, 0.717) is 17.3 Å². The minimum absolute atomic E-state index is 0.0830. The molecule has 0 amide bonds. The number of anilines is 1. The van der Waals surface area contributed by atoms with Gasteiger partial charge in [0.25, 0.3) is 5.56 Å². The van der Waals surface area contributed by atoms with Gasteiger partial charge in [0, 0.05) is 52.0 Å². The van der Waals surface area contributed by atoms with E-state index in [1.165, 1.54) is 18.0 Å². The molecule has 1 aromatic carbocycles. The van der Waals surface area contributed by atoms with Crippen LogP contribution >= 0.6 is 0 Å². The highest BCUT2D eigenvalue weighted by molar-refractivity contribution is 5.55. The molecule has 0 saturated carbocycles. The number of piperazine rings is 1. The first-order valence-electron chi connectivity index (χ1n) is 9.06. The Bertz CT molecular complexity index is 949. The maximum absolute atomic E-state index is 12.4. The molecule has 3 heterocycles. The Kier molecular flexibility index (Phi) is 4.93. The molecule has 0 bridgehead atoms. The van der Waals surface area contributed by atoms with Crippen molar-refractivity contribution in [3.63, 3.8) is 0 Å². The number of benzene rings is 1. The summed E-state index contributed by atoms with van der Waals surface area (Å²) in [6.45, 7) is 4.48. The lowest BCUT2D eigenvalue weighted by Crippen LogP contribution is -2.47. The lowest BCUT2D eigenvalue weighted by Gasteiger charge is -2.35. The van der Waals surface area contributed by atoms with Gasteiger partial charge in [-0.15, -0.1) is 0 Å². The van der Waals surface area contributed by atoms with E-state index in [1.54, 1.807) is 23.9 Å². The molecule has 1 fully saturated rings. The molecular weight excluding hydrogens is 340 g/mol. The van der Waals surface area contributed by atoms with Crippen LogP contribution in [0.15, 0.2) is 59.8 Å². The van der Waals surface area contributed by atoms with E-state index < -0.39 is 0 Å². The van der Waals surface area contributed by atoms with Gasteiger partial charge in [-0.2, -0.15) is 0 Å². The second-order valence-electron chi connectivity index (χ2n) is 6.68. The quantitative estimate of drug-likeness (QED) is 0.702. The second-order valence-corrected chi connectivity index (χ2v) is 6.68. The molecule has 0 atom stereocenters. The summed E-state index contributed by atoms with van der Waals surface area (Å²) in [6, 6.07) is 13.8. The predicted octanol–water partition coefficient (Wildman–Crippen LogP) is 1.56. The van der Waals surface area contributed by atoms with E-state index in [0.717, 1.165) is 32.7 Å². The minimum Gasteiger partial charge on any atom is -0.340 e. The summed E-state index contributed by atoms with van der Waals surface area (Å²) in [5.74, 6) is 0.690. The molecule has 3 aromatic rings. The number of rotatable bonds is 4. The van der Waals surface area contributed by atoms with Crippen LogP contribution in [0.3, 0.4) is 0 Å². The van der Waals surface area contributed by atoms with Crippen LogP contribution in [0.5, 0.6) is 0 Å². The molecule has 2 aromatic heterocycles. The maximum atomic E-state index is 12.4. The van der Waals surface area contributed by atoms with E-state index in [4.69, 9.17) is 4.98 Å². The zero-order valence-corrected chi connectivity index (χ0v) is 15.3. The topological polar surface area (TPSA) is 67.2 Å². The molecule has 1 saturated heterocycles. The van der Waals surface area contributed by atoms with Crippen molar-refractivity contribution in [2.75, 3.05) is 31.1 Å². The van der Waals surface area contributed by atoms with Crippen LogP contribution in [-0.2, 0) is 13.6 Å². The van der Waals surface area contributed by atoms with Gasteiger partial charge in [0.05, 0.1) is 11.4 Å². The van der Waals surface area contributed by atoms with E-state index in [1.807, 2.05) is 6.07 Å². The summed E-state index contributed by atoms with van der Waals surface area (Å²) in [5.41, 5.74) is 2.48. The van der Waals surface area contributed by atoms with Gasteiger partial charge < -0.3 is 4.90 Å². The first kappa shape index (κ1) is 17.4. The van der Waals surface area contributed by atoms with Gasteiger partial charge in [0.15, 0.2) is 0 Å². The normalized spacial score (nSPS) is 15.1. The third kappa shape index (κ3) is 3.88. The molecule has 27 heavy (non-hydrogen) atoms. The van der Waals surface area contributed by atoms with E-state index in [9.17, 15) is 4.79 Å². The van der Waals surface area contributed by atoms with E-state index in [-0.39, 0.29) is 5.56 Å². The van der Waals surface area contributed by atoms with E-state index >= 15 is 0 Å². The van der Waals surface area contributed by atoms with Crippen molar-refractivity contribution < 1.29 is 0 Å². The number of nitrogens with zero attached hydrogens (tertiary/aromatic N) is 6. The highest BCUT2D eigenvalue weighted by atomic mass is 16.1. The average molecular weight is 362 g/mol. The molecule has 0 aliphatic carbocycles. The molecule has 0 unspecified atom stereocenters. The fraction of sp³-hybridized carbons (Fsp3) is 0.300. The lowest BCUT2D eigenvalue weighted by atomic mass is 10.2. The number of hydrogen-bond donors (Lipinski definition) is 0. The van der Waals surface area contributed by atoms with Crippen LogP contribution in [0, 0.1) is 0 Å². The highest BCUT2D eigenvalue weighted by Gasteiger charge is 2.21. The highest BCUT2D eigenvalue weighted by Crippen LogP contribution is 2.18. The van der Waals surface area contributed by atoms with Crippen LogP contribution in [0.25, 0.3) is 11.4 Å². The van der Waals surface area contributed by atoms with Gasteiger partial charge in [0.1, 0.15) is 6.33 Å². The molecule has 7 heteroatoms. The molecular formula is C20H22N6O. The summed E-state index contributed by atoms with van der Waals surface area (Å²) >= 11 is 0. The number of aromatic nitrogens is 4. The Labute approximate surface area is 157 Å². The standard InChI is InChI=1S/C20H22N6O/c1-24-19(27)13-18(17-7-8-21-15-22-17)23-20(24)26-11-9-25(10-12-26)14-16-5-3-2-4-6-16/h2-8,13,15H,9-12,14H2,1H3. The fourth-order valence-corrected chi connectivity index (χ4v) is 3.33. The van der Waals surface area contributed by atoms with Crippen molar-refractivity contribution in [1.82, 2.24) is 24.4 Å². The molecule has 0 spiro atoms. The van der Waals surface area contributed by atoms with Crippen LogP contribution < -0.4 is 10.5 Å². The van der Waals surface area contributed by atoms with Crippen LogP contribution in [0.1, 0.15) is 5.56 Å². The predicted molar refractivity (Wildman–Crippen MR) is 104 cm³/mol. The van der Waals surface area contributed by atoms with Crippen molar-refractivity contribution in [1.29, 1.82) is 0 Å². The van der Waals surface area contributed by atoms with Crippen LogP contribution in [0.4, 0.5) is 5.95 Å². The van der Waals surface area contributed by atoms with Gasteiger partial charge >= 0.3 is 0 Å². The van der Waals surface area contributed by atoms with Crippen molar-refractivity contribution in [3.8, 4) is 11.4 Å². The zero-order valence-electron chi connectivity index (χ0n) is 15.3. The lowest BCUT2D eigenvalue weighted by molar-refractivity contribution is 0.248. The molecule has 4 rings (SSSR count). The molecule has 0 radical (unpaired) electrons. The summed E-state index contributed by atoms with van der Waals surface area (Å²) in [7, 11) is 1.77. The Balaban J connectivity index is 1.51. The first-order valence-corrected chi connectivity index (χ1v) is 9.06. The minimum atomic E-state index is -0.0830. The third-order valence-electron chi connectivity index (χ3n) is 4.86. The van der Waals surface area contributed by atoms with Crippen molar-refractivity contribution >= 4 is 5.95 Å². The fourth-order valence-electron chi connectivity index (χ4n) is 3.33. The van der Waals surface area contributed by atoms with Gasteiger partial charge in [-0.3, -0.25) is 14.3 Å². The molecule has 138 valence electrons. The molecule has 0 N–H and O–H groups in total. The van der Waals surface area contributed by atoms with E-state index in [2.05, 4.69) is 44.0 Å². The first-order chi connectivity index (χ1) is 13.2. The summed E-state index contributed by atoms with van der Waals surface area (Å²) in [6.07, 6.45) is 3.13. The van der Waals surface area contributed by atoms with Gasteiger partial charge in [-0.05, 0) is 11.6 Å². The smallest absolute Gasteiger partial charge is 0.255 e. The van der Waals surface area contributed by atoms with Gasteiger partial charge in [-0.1, -0.05) is 30.3 Å². The summed E-state index contributed by atoms with van der Waals surface area (Å²) in [5, 5.41) is 0. The largest absolute Gasteiger partial charge is 0.340 e. The van der Waals surface area contributed by atoms with Gasteiger partial charge in [-0.25, -0.2) is 15.0 Å².